The number of fused-ring (bicyclic) bond motifs is 2. The number of carbonyl (C=O) groups is 8. The number of carbonyl (C=O) groups excluding carboxylic acids is 8. The number of benzene rings is 4. The monoisotopic (exact) mass is 1370 g/mol. The number of amides is 8. The second-order valence-electron chi connectivity index (χ2n) is 23.2. The van der Waals surface area contributed by atoms with Gasteiger partial charge in [0.1, 0.15) is 58.5 Å². The summed E-state index contributed by atoms with van der Waals surface area (Å²) < 4.78 is 9.06. The molecule has 1 aromatic heterocycles. The van der Waals surface area contributed by atoms with E-state index in [0.29, 0.717) is 15.6 Å². The third-order valence-electron chi connectivity index (χ3n) is 16.6. The second kappa shape index (κ2) is 32.9. The summed E-state index contributed by atoms with van der Waals surface area (Å²) >= 11 is 1.22. The number of nitrogens with one attached hydrogen (secondary N) is 5. The molecule has 0 radical (unpaired) electrons. The first kappa shape index (κ1) is 73.2. The van der Waals surface area contributed by atoms with Gasteiger partial charge in [0.25, 0.3) is 18.2 Å². The van der Waals surface area contributed by atoms with E-state index in [1.807, 2.05) is 42.5 Å². The zero-order valence-corrected chi connectivity index (χ0v) is 55.1. The number of aromatic nitrogens is 2. The molecule has 95 heavy (non-hydrogen) atoms. The van der Waals surface area contributed by atoms with Gasteiger partial charge < -0.3 is 102 Å². The van der Waals surface area contributed by atoms with Crippen LogP contribution in [0.2, 0.25) is 0 Å². The minimum absolute atomic E-state index is 0. The van der Waals surface area contributed by atoms with E-state index in [9.17, 15) is 84.5 Å². The van der Waals surface area contributed by atoms with Crippen molar-refractivity contribution < 1.29 is 128 Å². The summed E-state index contributed by atoms with van der Waals surface area (Å²) in [6, 6.07) is 14.9. The molecule has 35 heteroatoms. The molecule has 14 unspecified atom stereocenters. The Kier molecular flexibility index (Phi) is 25.3. The van der Waals surface area contributed by atoms with Crippen LogP contribution in [-0.4, -0.2) is 227 Å². The van der Waals surface area contributed by atoms with Crippen LogP contribution < -0.4 is 81.1 Å². The predicted molar refractivity (Wildman–Crippen MR) is 330 cm³/mol. The number of aliphatic hydroxyl groups is 7. The van der Waals surface area contributed by atoms with Crippen molar-refractivity contribution in [1.82, 2.24) is 46.6 Å². The number of primary amides is 1. The fourth-order valence-corrected chi connectivity index (χ4v) is 12.7. The van der Waals surface area contributed by atoms with Gasteiger partial charge in [0.05, 0.1) is 36.9 Å². The van der Waals surface area contributed by atoms with E-state index >= 15 is 0 Å². The number of aliphatic hydroxyl groups excluding tert-OH is 7. The van der Waals surface area contributed by atoms with Crippen LogP contribution in [0.1, 0.15) is 55.1 Å². The van der Waals surface area contributed by atoms with Crippen LogP contribution in [-0.2, 0) is 42.9 Å². The first-order chi connectivity index (χ1) is 44.9. The quantitative estimate of drug-likeness (QED) is 0.0135. The van der Waals surface area contributed by atoms with Gasteiger partial charge in [0, 0.05) is 92.6 Å². The molecule has 0 spiro atoms. The summed E-state index contributed by atoms with van der Waals surface area (Å²) in [5, 5.41) is 126. The molecule has 4 fully saturated rings. The molecular formula is C60H71N12NaO20S2. The average molecular weight is 1370 g/mol. The Morgan fingerprint density at radius 2 is 1.33 bits per heavy atom. The van der Waals surface area contributed by atoms with Crippen molar-refractivity contribution in [1.29, 1.82) is 0 Å². The molecule has 4 aliphatic rings. The van der Waals surface area contributed by atoms with E-state index in [2.05, 4.69) is 68.1 Å². The number of piperazine rings is 1. The number of β-amino-alcohol motifs (C(OH)–C–C–N with tert-alkyl or cyclic N) is 1. The summed E-state index contributed by atoms with van der Waals surface area (Å²) in [5.41, 5.74) is 8.69. The molecule has 5 heterocycles. The van der Waals surface area contributed by atoms with Gasteiger partial charge in [-0.05, 0) is 73.2 Å². The number of aromatic hydroxyl groups is 1. The molecule has 14 atom stereocenters. The first-order valence-corrected chi connectivity index (χ1v) is 31.3. The number of para-hydroxylation sites is 1. The Labute approximate surface area is 573 Å². The first-order valence-electron chi connectivity index (χ1n) is 29.8. The van der Waals surface area contributed by atoms with Crippen molar-refractivity contribution >= 4 is 82.3 Å². The van der Waals surface area contributed by atoms with Crippen LogP contribution in [0.15, 0.2) is 97.1 Å². The summed E-state index contributed by atoms with van der Waals surface area (Å²) in [6.07, 6.45) is -16.2. The Hall–Kier alpha value is -7.65. The zero-order chi connectivity index (χ0) is 67.7. The van der Waals surface area contributed by atoms with Crippen LogP contribution in [0.5, 0.6) is 11.5 Å². The molecular weight excluding hydrogens is 1300 g/mol. The number of nitrogens with two attached hydrogens (primary N) is 1. The average Bonchev–Trinajstić information content (AvgIpc) is 1.73. The maximum Gasteiger partial charge on any atom is 1.00 e. The summed E-state index contributed by atoms with van der Waals surface area (Å²) in [4.78, 5) is 120. The minimum atomic E-state index is -2.54. The molecule has 5 aromatic rings. The Bertz CT molecular complexity index is 3520. The molecule has 504 valence electrons. The number of phenolic OH excluding ortho intramolecular Hbond substituents is 1. The smallest absolute Gasteiger partial charge is 0.691 e. The number of phenols is 1. The van der Waals surface area contributed by atoms with Crippen LogP contribution in [0.3, 0.4) is 0 Å². The van der Waals surface area contributed by atoms with E-state index < -0.39 is 183 Å². The Balaban J connectivity index is 0.0000116. The van der Waals surface area contributed by atoms with Crippen molar-refractivity contribution in [3.05, 3.63) is 108 Å². The van der Waals surface area contributed by atoms with Crippen molar-refractivity contribution in [2.45, 2.75) is 112 Å². The van der Waals surface area contributed by atoms with Crippen molar-refractivity contribution in [3.63, 3.8) is 0 Å². The predicted octanol–water partition coefficient (Wildman–Crippen LogP) is -6.61. The normalized spacial score (nSPS) is 25.5. The number of rotatable bonds is 17. The largest absolute Gasteiger partial charge is 1.00 e. The molecule has 9 rings (SSSR count). The molecule has 4 saturated heterocycles. The van der Waals surface area contributed by atoms with E-state index in [1.54, 1.807) is 12.1 Å². The topological polar surface area (TPSA) is 474 Å². The summed E-state index contributed by atoms with van der Waals surface area (Å²) in [6.45, 7) is 4.11. The van der Waals surface area contributed by atoms with E-state index in [-0.39, 0.29) is 53.0 Å². The number of hydrogen-bond acceptors (Lipinski definition) is 26. The van der Waals surface area contributed by atoms with E-state index in [0.717, 1.165) is 72.4 Å². The molecule has 8 amide bonds. The van der Waals surface area contributed by atoms with Crippen molar-refractivity contribution in [3.8, 4) is 32.6 Å². The number of anilines is 2. The maximum absolute atomic E-state index is 14.7. The minimum Gasteiger partial charge on any atom is -0.691 e. The van der Waals surface area contributed by atoms with E-state index in [1.165, 1.54) is 36.1 Å². The molecule has 0 saturated carbocycles. The molecule has 15 N–H and O–H groups in total. The maximum atomic E-state index is 14.7. The van der Waals surface area contributed by atoms with Crippen molar-refractivity contribution in [2.24, 2.45) is 11.7 Å². The Morgan fingerprint density at radius 1 is 0.737 bits per heavy atom. The molecule has 4 aromatic carbocycles. The second-order valence-corrected chi connectivity index (χ2v) is 24.6. The standard InChI is InChI=1S/C60H72N12O20S2.Na/c1-29-27-72-48(49(29)79)56(86)62-26-37(74)23-39(63-52(82)31-8-10-32(11-9-31)57-67-68-58(93-57)33-12-15-36(16-13-33)70-20-18-69(19-21-70)35-6-4-3-5-7-35)53(83)64-45(30(2)73)59(87)71-28-38(75)24-40(71)54(84)66-47(55(85)65-46(60(72)88)42(77)25-44(61)78)51(81)50(80)34-14-17-41(76)43(22-34)90-94-92-91-89;/h3-17,22,29-30,37-40,42,45-51,73-77,79-81,89H,18-21,23-28H2,1-2H3,(H2,61,78)(H,62,86)(H,63,82)(H,64,83)(H,65,85)(H,66,84);/q;+1/p-1. The van der Waals surface area contributed by atoms with Gasteiger partial charge >= 0.3 is 29.6 Å². The Morgan fingerprint density at radius 3 is 1.94 bits per heavy atom. The van der Waals surface area contributed by atoms with Crippen LogP contribution in [0, 0.1) is 5.92 Å². The molecule has 32 nitrogen and oxygen atoms in total. The van der Waals surface area contributed by atoms with E-state index in [4.69, 9.17) is 9.92 Å². The van der Waals surface area contributed by atoms with Crippen LogP contribution in [0.25, 0.3) is 21.1 Å². The van der Waals surface area contributed by atoms with Gasteiger partial charge in [-0.15, -0.1) is 14.5 Å². The fourth-order valence-electron chi connectivity index (χ4n) is 11.6. The fraction of sp³-hybridized carbons (Fsp3) is 0.433. The molecule has 4 aliphatic heterocycles. The SMILES string of the molecule is CC(O)C1NC(=O)C(NC(=O)c2ccc(-c3nnc(-c4ccc(N5CCN(c6ccccc6)CC5)cc4)s3)cc2)CC(O)CNC(=O)C2C(O)C(C)CN2C(=O)C(C(O)CC(N)=O)NC(=O)C(C(O)C(O)c2ccc(O)c(OSOO[O-])c2)NC(=O)C2CC(O)CN2C1=O.[Na+]. The van der Waals surface area contributed by atoms with Gasteiger partial charge in [0.2, 0.25) is 41.4 Å². The molecule has 0 bridgehead atoms. The van der Waals surface area contributed by atoms with Gasteiger partial charge in [-0.3, -0.25) is 43.4 Å². The van der Waals surface area contributed by atoms with Gasteiger partial charge in [-0.1, -0.05) is 54.7 Å². The van der Waals surface area contributed by atoms with Gasteiger partial charge in [-0.25, -0.2) is 0 Å². The summed E-state index contributed by atoms with van der Waals surface area (Å²) in [7, 11) is 0. The van der Waals surface area contributed by atoms with Crippen LogP contribution in [0.4, 0.5) is 11.4 Å². The number of nitrogens with zero attached hydrogens (tertiary/aromatic N) is 6. The zero-order valence-electron chi connectivity index (χ0n) is 51.4. The summed E-state index contributed by atoms with van der Waals surface area (Å²) in [5.74, 6) is -12.0. The molecule has 0 aliphatic carbocycles. The van der Waals surface area contributed by atoms with Crippen molar-refractivity contribution in [2.75, 3.05) is 55.6 Å². The number of hydrogen-bond donors (Lipinski definition) is 14. The van der Waals surface area contributed by atoms with Crippen LogP contribution >= 0.6 is 23.7 Å². The van der Waals surface area contributed by atoms with Gasteiger partial charge in [-0.2, -0.15) is 0 Å². The van der Waals surface area contributed by atoms with Gasteiger partial charge in [0.15, 0.2) is 11.5 Å². The third-order valence-corrected chi connectivity index (χ3v) is 18.0. The third kappa shape index (κ3) is 17.7.